The zero-order valence-electron chi connectivity index (χ0n) is 18.0. The second-order valence-electron chi connectivity index (χ2n) is 7.75. The number of carboxylic acids is 1. The highest BCUT2D eigenvalue weighted by Crippen LogP contribution is 2.38. The molecular weight excluding hydrogens is 429 g/mol. The zero-order chi connectivity index (χ0) is 23.4. The number of anilines is 2. The first-order chi connectivity index (χ1) is 15.9. The zero-order valence-corrected chi connectivity index (χ0v) is 18.0. The predicted molar refractivity (Wildman–Crippen MR) is 116 cm³/mol. The molecule has 9 nitrogen and oxygen atoms in total. The topological polar surface area (TPSA) is 121 Å². The third-order valence-electron chi connectivity index (χ3n) is 5.50. The van der Waals surface area contributed by atoms with Crippen LogP contribution in [-0.2, 0) is 9.59 Å². The number of carbonyl (C=O) groups excluding carboxylic acids is 2. The smallest absolute Gasteiger partial charge is 0.250 e. The van der Waals surface area contributed by atoms with E-state index in [0.29, 0.717) is 12.4 Å². The van der Waals surface area contributed by atoms with Crippen molar-refractivity contribution >= 4 is 23.8 Å². The Bertz CT molecular complexity index is 1130. The largest absolute Gasteiger partial charge is 0.550 e. The molecule has 0 saturated carbocycles. The van der Waals surface area contributed by atoms with Crippen molar-refractivity contribution in [3.63, 3.8) is 0 Å². The fraction of sp³-hybridized carbons (Fsp3) is 0.304. The molecule has 0 saturated heterocycles. The molecule has 0 unspecified atom stereocenters. The second kappa shape index (κ2) is 9.68. The van der Waals surface area contributed by atoms with E-state index in [1.165, 1.54) is 12.1 Å². The molecule has 2 heterocycles. The van der Waals surface area contributed by atoms with Gasteiger partial charge in [-0.3, -0.25) is 10.1 Å². The summed E-state index contributed by atoms with van der Waals surface area (Å²) in [6.45, 7) is 0. The van der Waals surface area contributed by atoms with Crippen LogP contribution in [0, 0.1) is 5.82 Å². The van der Waals surface area contributed by atoms with E-state index < -0.39 is 5.97 Å². The molecule has 0 fully saturated rings. The average molecular weight is 452 g/mol. The molecule has 2 aromatic carbocycles. The summed E-state index contributed by atoms with van der Waals surface area (Å²) in [4.78, 5) is 27.1. The van der Waals surface area contributed by atoms with Crippen LogP contribution in [-0.4, -0.2) is 33.8 Å². The van der Waals surface area contributed by atoms with Gasteiger partial charge in [0.25, 0.3) is 5.95 Å². The van der Waals surface area contributed by atoms with Gasteiger partial charge in [0, 0.05) is 12.4 Å². The molecule has 172 valence electrons. The van der Waals surface area contributed by atoms with Crippen LogP contribution < -0.4 is 20.5 Å². The minimum Gasteiger partial charge on any atom is -0.550 e. The highest BCUT2D eigenvalue weighted by atomic mass is 19.1. The van der Waals surface area contributed by atoms with E-state index in [9.17, 15) is 19.1 Å². The van der Waals surface area contributed by atoms with Gasteiger partial charge < -0.3 is 20.0 Å². The van der Waals surface area contributed by atoms with Gasteiger partial charge in [0.2, 0.25) is 11.9 Å². The molecule has 1 aromatic heterocycles. The number of nitrogens with one attached hydrogen (secondary N) is 2. The van der Waals surface area contributed by atoms with E-state index in [0.717, 1.165) is 16.9 Å². The van der Waals surface area contributed by atoms with E-state index in [2.05, 4.69) is 20.7 Å². The number of ether oxygens (including phenoxy) is 1. The molecule has 1 aliphatic heterocycles. The van der Waals surface area contributed by atoms with Gasteiger partial charge in [0.05, 0.1) is 19.2 Å². The molecule has 1 amide bonds. The lowest BCUT2D eigenvalue weighted by molar-refractivity contribution is -0.305. The molecule has 33 heavy (non-hydrogen) atoms. The van der Waals surface area contributed by atoms with Crippen LogP contribution in [0.2, 0.25) is 0 Å². The van der Waals surface area contributed by atoms with Gasteiger partial charge in [-0.25, -0.2) is 9.07 Å². The number of hydrogen-bond acceptors (Lipinski definition) is 7. The molecule has 10 heteroatoms. The Kier molecular flexibility index (Phi) is 6.53. The van der Waals surface area contributed by atoms with E-state index in [-0.39, 0.29) is 49.0 Å². The molecule has 4 rings (SSSR count). The van der Waals surface area contributed by atoms with Crippen LogP contribution in [0.3, 0.4) is 0 Å². The van der Waals surface area contributed by atoms with Crippen LogP contribution >= 0.6 is 0 Å². The summed E-state index contributed by atoms with van der Waals surface area (Å²) in [5, 5.41) is 20.9. The van der Waals surface area contributed by atoms with Gasteiger partial charge in [0.1, 0.15) is 11.6 Å². The third-order valence-corrected chi connectivity index (χ3v) is 5.50. The summed E-state index contributed by atoms with van der Waals surface area (Å²) in [6, 6.07) is 13.5. The monoisotopic (exact) mass is 452 g/mol. The van der Waals surface area contributed by atoms with Gasteiger partial charge in [-0.1, -0.05) is 24.3 Å². The number of benzene rings is 2. The van der Waals surface area contributed by atoms with Crippen molar-refractivity contribution in [2.24, 2.45) is 0 Å². The Labute approximate surface area is 189 Å². The van der Waals surface area contributed by atoms with Crippen LogP contribution in [0.5, 0.6) is 5.75 Å². The van der Waals surface area contributed by atoms with E-state index in [4.69, 9.17) is 4.74 Å². The standard InChI is InChI=1S/C23H24FN5O4/c1-33-17-11-7-14(8-12-17)18-13-19(15-5-9-16(24)10-6-15)29-23(25-18)27-22(28-29)26-20(30)3-2-4-21(31)32/h5-12,18-19H,2-4,13H2,1H3,(H,31,32)(H2,25,26,27,28,30)/p-1/t18-,19-/m0/s1. The van der Waals surface area contributed by atoms with Gasteiger partial charge in [-0.05, 0) is 54.7 Å². The number of halogens is 1. The Morgan fingerprint density at radius 3 is 2.52 bits per heavy atom. The van der Waals surface area contributed by atoms with E-state index >= 15 is 0 Å². The van der Waals surface area contributed by atoms with Crippen LogP contribution in [0.25, 0.3) is 0 Å². The highest BCUT2D eigenvalue weighted by Gasteiger charge is 2.31. The quantitative estimate of drug-likeness (QED) is 0.538. The van der Waals surface area contributed by atoms with Crippen LogP contribution in [0.4, 0.5) is 16.3 Å². The molecule has 0 aliphatic carbocycles. The Balaban J connectivity index is 1.59. The summed E-state index contributed by atoms with van der Waals surface area (Å²) >= 11 is 0. The maximum Gasteiger partial charge on any atom is 0.250 e. The number of hydrogen-bond donors (Lipinski definition) is 2. The van der Waals surface area contributed by atoms with Crippen molar-refractivity contribution in [2.45, 2.75) is 37.8 Å². The van der Waals surface area contributed by atoms with Crippen molar-refractivity contribution in [3.05, 3.63) is 65.5 Å². The van der Waals surface area contributed by atoms with Gasteiger partial charge >= 0.3 is 0 Å². The van der Waals surface area contributed by atoms with Crippen molar-refractivity contribution < 1.29 is 23.8 Å². The summed E-state index contributed by atoms with van der Waals surface area (Å²) in [7, 11) is 1.61. The summed E-state index contributed by atoms with van der Waals surface area (Å²) in [6.07, 6.45) is 0.602. The summed E-state index contributed by atoms with van der Waals surface area (Å²) in [5.74, 6) is -0.599. The van der Waals surface area contributed by atoms with Gasteiger partial charge in [-0.15, -0.1) is 5.10 Å². The number of rotatable bonds is 8. The number of carboxylic acid groups (broad SMARTS) is 1. The molecule has 2 atom stereocenters. The molecular formula is C23H23FN5O4-. The van der Waals surface area contributed by atoms with Crippen LogP contribution in [0.1, 0.15) is 48.9 Å². The van der Waals surface area contributed by atoms with E-state index in [1.54, 1.807) is 23.9 Å². The minimum atomic E-state index is -1.20. The van der Waals surface area contributed by atoms with Crippen molar-refractivity contribution in [1.29, 1.82) is 0 Å². The fourth-order valence-corrected chi connectivity index (χ4v) is 3.83. The van der Waals surface area contributed by atoms with Crippen molar-refractivity contribution in [1.82, 2.24) is 14.8 Å². The number of fused-ring (bicyclic) bond motifs is 1. The third kappa shape index (κ3) is 5.28. The number of aromatic nitrogens is 3. The Hall–Kier alpha value is -3.95. The summed E-state index contributed by atoms with van der Waals surface area (Å²) in [5.41, 5.74) is 1.87. The number of nitrogens with zero attached hydrogens (tertiary/aromatic N) is 3. The van der Waals surface area contributed by atoms with Gasteiger partial charge in [-0.2, -0.15) is 4.98 Å². The van der Waals surface area contributed by atoms with Gasteiger partial charge in [0.15, 0.2) is 0 Å². The number of aliphatic carboxylic acids is 1. The van der Waals surface area contributed by atoms with Crippen LogP contribution in [0.15, 0.2) is 48.5 Å². The predicted octanol–water partition coefficient (Wildman–Crippen LogP) is 2.43. The number of methoxy groups -OCH3 is 1. The minimum absolute atomic E-state index is 0.0150. The fourth-order valence-electron chi connectivity index (χ4n) is 3.83. The first-order valence-electron chi connectivity index (χ1n) is 10.5. The lowest BCUT2D eigenvalue weighted by atomic mass is 9.93. The normalized spacial score (nSPS) is 17.0. The number of carbonyl (C=O) groups is 2. The Morgan fingerprint density at radius 1 is 1.15 bits per heavy atom. The van der Waals surface area contributed by atoms with Crippen molar-refractivity contribution in [3.8, 4) is 5.75 Å². The lowest BCUT2D eigenvalue weighted by Crippen LogP contribution is -2.28. The molecule has 0 spiro atoms. The molecule has 1 aliphatic rings. The summed E-state index contributed by atoms with van der Waals surface area (Å²) < 4.78 is 20.4. The highest BCUT2D eigenvalue weighted by molar-refractivity contribution is 5.89. The molecule has 0 bridgehead atoms. The maximum atomic E-state index is 13.5. The lowest BCUT2D eigenvalue weighted by Gasteiger charge is -2.31. The molecule has 3 aromatic rings. The maximum absolute atomic E-state index is 13.5. The molecule has 0 radical (unpaired) electrons. The Morgan fingerprint density at radius 2 is 1.85 bits per heavy atom. The van der Waals surface area contributed by atoms with E-state index in [1.807, 2.05) is 24.3 Å². The van der Waals surface area contributed by atoms with Crippen molar-refractivity contribution in [2.75, 3.05) is 17.7 Å². The first kappa shape index (κ1) is 22.3. The number of amides is 1. The SMILES string of the molecule is COc1ccc([C@@H]2C[C@@H](c3ccc(F)cc3)n3nc(NC(=O)CCCC(=O)[O-])nc3N2)cc1. The first-order valence-corrected chi connectivity index (χ1v) is 10.5. The average Bonchev–Trinajstić information content (AvgIpc) is 3.21. The second-order valence-corrected chi connectivity index (χ2v) is 7.75. The molecule has 2 N–H and O–H groups in total.